The van der Waals surface area contributed by atoms with Crippen LogP contribution < -0.4 is 5.32 Å². The molecule has 1 fully saturated rings. The SMILES string of the molecule is CSc1ccc(Cl)c(C(=O)NCC(c2ccc(F)cc2)N2CCOCC2)c1. The van der Waals surface area contributed by atoms with Crippen molar-refractivity contribution in [1.82, 2.24) is 10.2 Å². The van der Waals surface area contributed by atoms with Crippen molar-refractivity contribution in [2.24, 2.45) is 0 Å². The molecule has 0 radical (unpaired) electrons. The Hall–Kier alpha value is -1.60. The number of morpholine rings is 1. The van der Waals surface area contributed by atoms with Crippen LogP contribution in [0.3, 0.4) is 0 Å². The topological polar surface area (TPSA) is 41.6 Å². The Kier molecular flexibility index (Phi) is 7.13. The van der Waals surface area contributed by atoms with Gasteiger partial charge in [-0.1, -0.05) is 23.7 Å². The molecule has 3 rings (SSSR count). The fraction of sp³-hybridized carbons (Fsp3) is 0.350. The van der Waals surface area contributed by atoms with E-state index in [0.29, 0.717) is 30.3 Å². The molecule has 1 saturated heterocycles. The van der Waals surface area contributed by atoms with E-state index in [1.54, 1.807) is 36.0 Å². The summed E-state index contributed by atoms with van der Waals surface area (Å²) >= 11 is 7.77. The van der Waals surface area contributed by atoms with Crippen molar-refractivity contribution in [2.45, 2.75) is 10.9 Å². The minimum atomic E-state index is -0.274. The van der Waals surface area contributed by atoms with Gasteiger partial charge in [-0.15, -0.1) is 11.8 Å². The lowest BCUT2D eigenvalue weighted by molar-refractivity contribution is 0.0162. The molecule has 1 amide bonds. The van der Waals surface area contributed by atoms with Crippen molar-refractivity contribution in [2.75, 3.05) is 39.1 Å². The number of rotatable bonds is 6. The van der Waals surface area contributed by atoms with E-state index in [0.717, 1.165) is 23.5 Å². The molecular formula is C20H22ClFN2O2S. The molecule has 4 nitrogen and oxygen atoms in total. The number of nitrogens with zero attached hydrogens (tertiary/aromatic N) is 1. The summed E-state index contributed by atoms with van der Waals surface area (Å²) in [6.07, 6.45) is 1.95. The van der Waals surface area contributed by atoms with Gasteiger partial charge in [0.2, 0.25) is 0 Å². The molecule has 0 saturated carbocycles. The van der Waals surface area contributed by atoms with Crippen LogP contribution in [0.25, 0.3) is 0 Å². The van der Waals surface area contributed by atoms with Crippen molar-refractivity contribution in [3.05, 3.63) is 64.4 Å². The van der Waals surface area contributed by atoms with E-state index in [1.165, 1.54) is 12.1 Å². The van der Waals surface area contributed by atoms with Gasteiger partial charge in [0.05, 0.1) is 29.8 Å². The summed E-state index contributed by atoms with van der Waals surface area (Å²) in [5.74, 6) is -0.486. The van der Waals surface area contributed by atoms with Gasteiger partial charge in [-0.05, 0) is 42.2 Å². The molecule has 1 N–H and O–H groups in total. The van der Waals surface area contributed by atoms with Gasteiger partial charge in [-0.3, -0.25) is 9.69 Å². The Bertz CT molecular complexity index is 782. The molecule has 0 aromatic heterocycles. The van der Waals surface area contributed by atoms with Crippen LogP contribution in [0, 0.1) is 5.82 Å². The minimum Gasteiger partial charge on any atom is -0.379 e. The zero-order valence-corrected chi connectivity index (χ0v) is 16.7. The second-order valence-electron chi connectivity index (χ2n) is 6.27. The molecule has 1 atom stereocenters. The molecular weight excluding hydrogens is 387 g/mol. The minimum absolute atomic E-state index is 0.0547. The van der Waals surface area contributed by atoms with Crippen LogP contribution in [0.1, 0.15) is 22.0 Å². The van der Waals surface area contributed by atoms with Crippen molar-refractivity contribution < 1.29 is 13.9 Å². The van der Waals surface area contributed by atoms with Crippen LogP contribution in [0.2, 0.25) is 5.02 Å². The molecule has 144 valence electrons. The fourth-order valence-corrected chi connectivity index (χ4v) is 3.77. The van der Waals surface area contributed by atoms with E-state index < -0.39 is 0 Å². The molecule has 1 aliphatic rings. The number of benzene rings is 2. The molecule has 27 heavy (non-hydrogen) atoms. The lowest BCUT2D eigenvalue weighted by Crippen LogP contribution is -2.43. The van der Waals surface area contributed by atoms with Crippen LogP contribution in [0.5, 0.6) is 0 Å². The van der Waals surface area contributed by atoms with Crippen LogP contribution >= 0.6 is 23.4 Å². The highest BCUT2D eigenvalue weighted by molar-refractivity contribution is 7.98. The Labute approximate surface area is 168 Å². The zero-order chi connectivity index (χ0) is 19.2. The first-order valence-electron chi connectivity index (χ1n) is 8.77. The van der Waals surface area contributed by atoms with Gasteiger partial charge in [0.1, 0.15) is 5.82 Å². The number of carbonyl (C=O) groups is 1. The number of nitrogens with one attached hydrogen (secondary N) is 1. The predicted octanol–water partition coefficient (Wildman–Crippen LogP) is 4.00. The number of carbonyl (C=O) groups excluding carboxylic acids is 1. The Morgan fingerprint density at radius 3 is 2.63 bits per heavy atom. The normalized spacial score (nSPS) is 16.1. The maximum atomic E-state index is 13.3. The summed E-state index contributed by atoms with van der Waals surface area (Å²) < 4.78 is 18.8. The fourth-order valence-electron chi connectivity index (χ4n) is 3.12. The first kappa shape index (κ1) is 20.1. The highest BCUT2D eigenvalue weighted by Crippen LogP contribution is 2.24. The highest BCUT2D eigenvalue weighted by Gasteiger charge is 2.24. The molecule has 0 spiro atoms. The molecule has 1 aliphatic heterocycles. The monoisotopic (exact) mass is 408 g/mol. The number of amides is 1. The largest absolute Gasteiger partial charge is 0.379 e. The van der Waals surface area contributed by atoms with E-state index in [2.05, 4.69) is 10.2 Å². The van der Waals surface area contributed by atoms with Gasteiger partial charge in [0.15, 0.2) is 0 Å². The smallest absolute Gasteiger partial charge is 0.252 e. The molecule has 2 aromatic rings. The highest BCUT2D eigenvalue weighted by atomic mass is 35.5. The van der Waals surface area contributed by atoms with E-state index in [9.17, 15) is 9.18 Å². The average Bonchev–Trinajstić information content (AvgIpc) is 2.70. The van der Waals surface area contributed by atoms with Crippen molar-refractivity contribution in [1.29, 1.82) is 0 Å². The third-order valence-electron chi connectivity index (χ3n) is 4.62. The van der Waals surface area contributed by atoms with Gasteiger partial charge in [-0.2, -0.15) is 0 Å². The zero-order valence-electron chi connectivity index (χ0n) is 15.1. The summed E-state index contributed by atoms with van der Waals surface area (Å²) in [5.41, 5.74) is 1.42. The van der Waals surface area contributed by atoms with E-state index >= 15 is 0 Å². The van der Waals surface area contributed by atoms with Gasteiger partial charge in [0, 0.05) is 24.5 Å². The van der Waals surface area contributed by atoms with E-state index in [-0.39, 0.29) is 17.8 Å². The summed E-state index contributed by atoms with van der Waals surface area (Å²) in [5, 5.41) is 3.42. The van der Waals surface area contributed by atoms with Gasteiger partial charge < -0.3 is 10.1 Å². The molecule has 0 bridgehead atoms. The third-order valence-corrected chi connectivity index (χ3v) is 5.67. The lowest BCUT2D eigenvalue weighted by atomic mass is 10.0. The van der Waals surface area contributed by atoms with Crippen molar-refractivity contribution in [3.8, 4) is 0 Å². The first-order chi connectivity index (χ1) is 13.1. The van der Waals surface area contributed by atoms with Crippen LogP contribution in [0.4, 0.5) is 4.39 Å². The van der Waals surface area contributed by atoms with E-state index in [1.807, 2.05) is 12.3 Å². The maximum absolute atomic E-state index is 13.3. The number of hydrogen-bond donors (Lipinski definition) is 1. The summed E-state index contributed by atoms with van der Waals surface area (Å²) in [7, 11) is 0. The second kappa shape index (κ2) is 9.55. The Balaban J connectivity index is 1.76. The number of hydrogen-bond acceptors (Lipinski definition) is 4. The van der Waals surface area contributed by atoms with Crippen molar-refractivity contribution in [3.63, 3.8) is 0 Å². The molecule has 0 aliphatic carbocycles. The lowest BCUT2D eigenvalue weighted by Gasteiger charge is -2.35. The van der Waals surface area contributed by atoms with Gasteiger partial charge in [0.25, 0.3) is 5.91 Å². The standard InChI is InChI=1S/C20H22ClFN2O2S/c1-27-16-6-7-18(21)17(12-16)20(25)23-13-19(24-8-10-26-11-9-24)14-2-4-15(22)5-3-14/h2-7,12,19H,8-11,13H2,1H3,(H,23,25). The Morgan fingerprint density at radius 1 is 1.26 bits per heavy atom. The van der Waals surface area contributed by atoms with Gasteiger partial charge >= 0.3 is 0 Å². The van der Waals surface area contributed by atoms with Crippen LogP contribution in [-0.2, 0) is 4.74 Å². The number of halogens is 2. The summed E-state index contributed by atoms with van der Waals surface area (Å²) in [6, 6.07) is 11.8. The average molecular weight is 409 g/mol. The molecule has 1 heterocycles. The van der Waals surface area contributed by atoms with Crippen LogP contribution in [-0.4, -0.2) is 49.9 Å². The van der Waals surface area contributed by atoms with Crippen molar-refractivity contribution >= 4 is 29.3 Å². The summed E-state index contributed by atoms with van der Waals surface area (Å²) in [4.78, 5) is 15.9. The summed E-state index contributed by atoms with van der Waals surface area (Å²) in [6.45, 7) is 3.23. The number of thioether (sulfide) groups is 1. The van der Waals surface area contributed by atoms with Crippen LogP contribution in [0.15, 0.2) is 47.4 Å². The predicted molar refractivity (Wildman–Crippen MR) is 107 cm³/mol. The molecule has 1 unspecified atom stereocenters. The molecule has 2 aromatic carbocycles. The Morgan fingerprint density at radius 2 is 1.96 bits per heavy atom. The third kappa shape index (κ3) is 5.23. The molecule has 7 heteroatoms. The number of ether oxygens (including phenoxy) is 1. The second-order valence-corrected chi connectivity index (χ2v) is 7.56. The first-order valence-corrected chi connectivity index (χ1v) is 10.4. The quantitative estimate of drug-likeness (QED) is 0.733. The van der Waals surface area contributed by atoms with Gasteiger partial charge in [-0.25, -0.2) is 4.39 Å². The maximum Gasteiger partial charge on any atom is 0.252 e. The van der Waals surface area contributed by atoms with E-state index in [4.69, 9.17) is 16.3 Å².